The Kier molecular flexibility index (Phi) is 3.96. The molecule has 1 aromatic heterocycles. The number of carbonyl (C=O) groups is 1. The van der Waals surface area contributed by atoms with E-state index in [2.05, 4.69) is 0 Å². The molecule has 0 saturated carbocycles. The molecule has 2 aromatic carbocycles. The van der Waals surface area contributed by atoms with Crippen LogP contribution in [0.4, 0.5) is 18.9 Å². The van der Waals surface area contributed by atoms with Gasteiger partial charge in [0.2, 0.25) is 18.5 Å². The van der Waals surface area contributed by atoms with Gasteiger partial charge in [0.05, 0.1) is 12.5 Å². The van der Waals surface area contributed by atoms with Crippen molar-refractivity contribution >= 4 is 11.6 Å². The van der Waals surface area contributed by atoms with Crippen molar-refractivity contribution in [1.29, 1.82) is 0 Å². The van der Waals surface area contributed by atoms with Crippen LogP contribution in [-0.4, -0.2) is 17.8 Å². The zero-order valence-electron chi connectivity index (χ0n) is 15.3. The standard InChI is InChI=1S/C21H14F3NO5/c22-21(23,24)18-6-5-11(30-18)9-25-14-4-2-1-3-12(14)19(20(25)27)13-7-16-17(8-15(13)26)29-10-28-16/h1-8,19,26H,9-10H2/t19-/m0/s1. The van der Waals surface area contributed by atoms with E-state index >= 15 is 0 Å². The van der Waals surface area contributed by atoms with E-state index in [4.69, 9.17) is 13.9 Å². The van der Waals surface area contributed by atoms with E-state index < -0.39 is 23.8 Å². The van der Waals surface area contributed by atoms with Gasteiger partial charge in [-0.2, -0.15) is 13.2 Å². The largest absolute Gasteiger partial charge is 0.507 e. The first kappa shape index (κ1) is 18.4. The van der Waals surface area contributed by atoms with Crippen molar-refractivity contribution in [3.8, 4) is 17.2 Å². The number of hydrogen-bond donors (Lipinski definition) is 1. The van der Waals surface area contributed by atoms with Gasteiger partial charge in [0.15, 0.2) is 11.5 Å². The van der Waals surface area contributed by atoms with E-state index in [-0.39, 0.29) is 24.8 Å². The summed E-state index contributed by atoms with van der Waals surface area (Å²) in [6, 6.07) is 11.9. The lowest BCUT2D eigenvalue weighted by Crippen LogP contribution is -2.28. The minimum Gasteiger partial charge on any atom is -0.507 e. The second-order valence-electron chi connectivity index (χ2n) is 6.94. The fourth-order valence-electron chi connectivity index (χ4n) is 3.80. The number of ether oxygens (including phenoxy) is 2. The summed E-state index contributed by atoms with van der Waals surface area (Å²) in [6.45, 7) is -0.159. The highest BCUT2D eigenvalue weighted by Gasteiger charge is 2.41. The summed E-state index contributed by atoms with van der Waals surface area (Å²) in [5.41, 5.74) is 1.49. The summed E-state index contributed by atoms with van der Waals surface area (Å²) in [7, 11) is 0. The van der Waals surface area contributed by atoms with Crippen LogP contribution >= 0.6 is 0 Å². The third-order valence-corrected chi connectivity index (χ3v) is 5.14. The molecule has 9 heteroatoms. The lowest BCUT2D eigenvalue weighted by Gasteiger charge is -2.17. The number of para-hydroxylation sites is 1. The van der Waals surface area contributed by atoms with Gasteiger partial charge in [0, 0.05) is 17.3 Å². The van der Waals surface area contributed by atoms with Crippen molar-refractivity contribution in [3.63, 3.8) is 0 Å². The lowest BCUT2D eigenvalue weighted by molar-refractivity contribution is -0.153. The Bertz CT molecular complexity index is 1150. The molecule has 0 saturated heterocycles. The van der Waals surface area contributed by atoms with Gasteiger partial charge in [-0.25, -0.2) is 0 Å². The van der Waals surface area contributed by atoms with Crippen LogP contribution in [0.15, 0.2) is 52.9 Å². The van der Waals surface area contributed by atoms with E-state index in [0.717, 1.165) is 6.07 Å². The number of fused-ring (bicyclic) bond motifs is 2. The summed E-state index contributed by atoms with van der Waals surface area (Å²) in [5, 5.41) is 10.5. The van der Waals surface area contributed by atoms with Gasteiger partial charge in [-0.15, -0.1) is 0 Å². The number of amides is 1. The Hall–Kier alpha value is -3.62. The predicted octanol–water partition coefficient (Wildman–Crippen LogP) is 4.41. The number of phenols is 1. The molecule has 5 rings (SSSR count). The summed E-state index contributed by atoms with van der Waals surface area (Å²) in [6.07, 6.45) is -4.61. The number of furan rings is 1. The third-order valence-electron chi connectivity index (χ3n) is 5.14. The zero-order chi connectivity index (χ0) is 21.0. The van der Waals surface area contributed by atoms with Crippen LogP contribution in [0.5, 0.6) is 17.2 Å². The molecule has 154 valence electrons. The van der Waals surface area contributed by atoms with Crippen LogP contribution < -0.4 is 14.4 Å². The maximum atomic E-state index is 13.3. The first-order valence-electron chi connectivity index (χ1n) is 9.01. The van der Waals surface area contributed by atoms with Gasteiger partial charge in [-0.1, -0.05) is 18.2 Å². The number of rotatable bonds is 3. The number of alkyl halides is 3. The number of carbonyl (C=O) groups excluding carboxylic acids is 1. The molecule has 0 aliphatic carbocycles. The Balaban J connectivity index is 1.53. The summed E-state index contributed by atoms with van der Waals surface area (Å²) >= 11 is 0. The van der Waals surface area contributed by atoms with E-state index in [1.807, 2.05) is 0 Å². The number of hydrogen-bond acceptors (Lipinski definition) is 5. The van der Waals surface area contributed by atoms with Crippen LogP contribution in [-0.2, 0) is 17.5 Å². The second-order valence-corrected chi connectivity index (χ2v) is 6.94. The fourth-order valence-corrected chi connectivity index (χ4v) is 3.80. The molecule has 1 atom stereocenters. The number of anilines is 1. The number of aromatic hydroxyl groups is 1. The highest BCUT2D eigenvalue weighted by molar-refractivity contribution is 6.07. The molecule has 1 N–H and O–H groups in total. The number of benzene rings is 2. The Labute approximate surface area is 168 Å². The molecule has 0 radical (unpaired) electrons. The van der Waals surface area contributed by atoms with Crippen molar-refractivity contribution in [2.24, 2.45) is 0 Å². The number of phenolic OH excluding ortho intramolecular Hbond substituents is 1. The molecule has 0 unspecified atom stereocenters. The van der Waals surface area contributed by atoms with Crippen molar-refractivity contribution in [2.75, 3.05) is 11.7 Å². The highest BCUT2D eigenvalue weighted by Crippen LogP contribution is 2.48. The van der Waals surface area contributed by atoms with Gasteiger partial charge in [-0.3, -0.25) is 4.79 Å². The monoisotopic (exact) mass is 417 g/mol. The quantitative estimate of drug-likeness (QED) is 0.684. The molecule has 6 nitrogen and oxygen atoms in total. The van der Waals surface area contributed by atoms with Crippen molar-refractivity contribution in [3.05, 3.63) is 71.2 Å². The molecule has 2 aliphatic heterocycles. The van der Waals surface area contributed by atoms with E-state index in [1.54, 1.807) is 30.3 Å². The van der Waals surface area contributed by atoms with Gasteiger partial charge < -0.3 is 23.9 Å². The molecule has 30 heavy (non-hydrogen) atoms. The molecule has 3 aromatic rings. The van der Waals surface area contributed by atoms with Gasteiger partial charge >= 0.3 is 6.18 Å². The van der Waals surface area contributed by atoms with Crippen LogP contribution in [0.3, 0.4) is 0 Å². The smallest absolute Gasteiger partial charge is 0.449 e. The molecule has 0 fully saturated rings. The van der Waals surface area contributed by atoms with Crippen LogP contribution in [0.2, 0.25) is 0 Å². The Morgan fingerprint density at radius 2 is 1.77 bits per heavy atom. The average Bonchev–Trinajstić information content (AvgIpc) is 3.40. The SMILES string of the molecule is O=C1[C@H](c2cc3c(cc2O)OCO3)c2ccccc2N1Cc1ccc(C(F)(F)F)o1. The van der Waals surface area contributed by atoms with Crippen molar-refractivity contribution in [1.82, 2.24) is 0 Å². The van der Waals surface area contributed by atoms with Crippen LogP contribution in [0.25, 0.3) is 0 Å². The van der Waals surface area contributed by atoms with Gasteiger partial charge in [0.1, 0.15) is 11.5 Å². The van der Waals surface area contributed by atoms with Crippen LogP contribution in [0.1, 0.15) is 28.6 Å². The average molecular weight is 417 g/mol. The summed E-state index contributed by atoms with van der Waals surface area (Å²) in [4.78, 5) is 14.7. The Morgan fingerprint density at radius 3 is 2.50 bits per heavy atom. The molecular formula is C21H14F3NO5. The second kappa shape index (κ2) is 6.45. The molecule has 0 spiro atoms. The van der Waals surface area contributed by atoms with E-state index in [0.29, 0.717) is 28.3 Å². The van der Waals surface area contributed by atoms with E-state index in [1.165, 1.54) is 17.0 Å². The molecule has 2 aliphatic rings. The topological polar surface area (TPSA) is 72.1 Å². The zero-order valence-corrected chi connectivity index (χ0v) is 15.3. The maximum Gasteiger partial charge on any atom is 0.449 e. The first-order chi connectivity index (χ1) is 14.3. The number of halogens is 3. The van der Waals surface area contributed by atoms with E-state index in [9.17, 15) is 23.1 Å². The highest BCUT2D eigenvalue weighted by atomic mass is 19.4. The minimum absolute atomic E-state index is 0.000960. The molecule has 3 heterocycles. The minimum atomic E-state index is -4.61. The fraction of sp³-hybridized carbons (Fsp3) is 0.190. The number of nitrogens with zero attached hydrogens (tertiary/aromatic N) is 1. The van der Waals surface area contributed by atoms with Gasteiger partial charge in [-0.05, 0) is 29.8 Å². The predicted molar refractivity (Wildman–Crippen MR) is 97.4 cm³/mol. The van der Waals surface area contributed by atoms with Crippen molar-refractivity contribution < 1.29 is 37.0 Å². The maximum absolute atomic E-state index is 13.3. The lowest BCUT2D eigenvalue weighted by atomic mass is 9.91. The molecular weight excluding hydrogens is 403 g/mol. The molecule has 0 bridgehead atoms. The van der Waals surface area contributed by atoms with Crippen LogP contribution in [0, 0.1) is 0 Å². The normalized spacial score (nSPS) is 17.5. The third kappa shape index (κ3) is 2.85. The summed E-state index contributed by atoms with van der Waals surface area (Å²) in [5.74, 6) is -1.70. The first-order valence-corrected chi connectivity index (χ1v) is 9.01. The molecule has 1 amide bonds. The summed E-state index contributed by atoms with van der Waals surface area (Å²) < 4.78 is 54.0. The van der Waals surface area contributed by atoms with Gasteiger partial charge in [0.25, 0.3) is 0 Å². The van der Waals surface area contributed by atoms with Crippen molar-refractivity contribution in [2.45, 2.75) is 18.6 Å². The Morgan fingerprint density at radius 1 is 1.03 bits per heavy atom.